The SMILES string of the molecule is COc1ccccc1NCc1ccc2c(c1)CCC2. The molecule has 0 heterocycles. The van der Waals surface area contributed by atoms with E-state index in [1.54, 1.807) is 7.11 Å². The van der Waals surface area contributed by atoms with Gasteiger partial charge in [-0.2, -0.15) is 0 Å². The second-order valence-corrected chi connectivity index (χ2v) is 5.01. The molecular formula is C17H19NO. The summed E-state index contributed by atoms with van der Waals surface area (Å²) in [5.41, 5.74) is 5.44. The summed E-state index contributed by atoms with van der Waals surface area (Å²) in [6.07, 6.45) is 3.78. The van der Waals surface area contributed by atoms with Crippen molar-refractivity contribution in [2.75, 3.05) is 12.4 Å². The minimum atomic E-state index is 0.841. The first-order valence-electron chi connectivity index (χ1n) is 6.84. The smallest absolute Gasteiger partial charge is 0.141 e. The fraction of sp³-hybridized carbons (Fsp3) is 0.294. The maximum atomic E-state index is 5.35. The van der Waals surface area contributed by atoms with Gasteiger partial charge in [-0.1, -0.05) is 30.3 Å². The molecule has 0 amide bonds. The van der Waals surface area contributed by atoms with Crippen molar-refractivity contribution in [3.8, 4) is 5.75 Å². The van der Waals surface area contributed by atoms with Crippen molar-refractivity contribution >= 4 is 5.69 Å². The summed E-state index contributed by atoms with van der Waals surface area (Å²) in [4.78, 5) is 0. The number of para-hydroxylation sites is 2. The zero-order chi connectivity index (χ0) is 13.1. The lowest BCUT2D eigenvalue weighted by molar-refractivity contribution is 0.416. The highest BCUT2D eigenvalue weighted by Gasteiger charge is 2.10. The topological polar surface area (TPSA) is 21.3 Å². The van der Waals surface area contributed by atoms with Gasteiger partial charge in [0.1, 0.15) is 5.75 Å². The van der Waals surface area contributed by atoms with Crippen LogP contribution in [-0.2, 0) is 19.4 Å². The third-order valence-electron chi connectivity index (χ3n) is 3.75. The van der Waals surface area contributed by atoms with Gasteiger partial charge in [0.2, 0.25) is 0 Å². The number of methoxy groups -OCH3 is 1. The van der Waals surface area contributed by atoms with Crippen molar-refractivity contribution in [2.24, 2.45) is 0 Å². The van der Waals surface area contributed by atoms with Crippen LogP contribution in [0.5, 0.6) is 5.75 Å². The number of hydrogen-bond acceptors (Lipinski definition) is 2. The first-order valence-corrected chi connectivity index (χ1v) is 6.84. The molecule has 0 spiro atoms. The Balaban J connectivity index is 1.72. The van der Waals surface area contributed by atoms with Crippen LogP contribution in [0.2, 0.25) is 0 Å². The van der Waals surface area contributed by atoms with Gasteiger partial charge in [0.05, 0.1) is 12.8 Å². The summed E-state index contributed by atoms with van der Waals surface area (Å²) in [6, 6.07) is 14.9. The monoisotopic (exact) mass is 253 g/mol. The second-order valence-electron chi connectivity index (χ2n) is 5.01. The summed E-state index contributed by atoms with van der Waals surface area (Å²) < 4.78 is 5.35. The van der Waals surface area contributed by atoms with Crippen LogP contribution in [0.1, 0.15) is 23.1 Å². The number of ether oxygens (including phenoxy) is 1. The van der Waals surface area contributed by atoms with Crippen molar-refractivity contribution in [3.63, 3.8) is 0 Å². The Labute approximate surface area is 114 Å². The molecule has 2 heteroatoms. The number of aryl methyl sites for hydroxylation is 2. The van der Waals surface area contributed by atoms with E-state index in [1.807, 2.05) is 24.3 Å². The maximum absolute atomic E-state index is 5.35. The van der Waals surface area contributed by atoms with E-state index < -0.39 is 0 Å². The van der Waals surface area contributed by atoms with E-state index >= 15 is 0 Å². The van der Waals surface area contributed by atoms with E-state index in [1.165, 1.54) is 36.0 Å². The highest BCUT2D eigenvalue weighted by atomic mass is 16.5. The molecule has 2 aromatic rings. The van der Waals surface area contributed by atoms with Crippen LogP contribution < -0.4 is 10.1 Å². The van der Waals surface area contributed by atoms with Gasteiger partial charge < -0.3 is 10.1 Å². The standard InChI is InChI=1S/C17H19NO/c1-19-17-8-3-2-7-16(17)18-12-13-9-10-14-5-4-6-15(14)11-13/h2-3,7-11,18H,4-6,12H2,1H3. The van der Waals surface area contributed by atoms with E-state index in [9.17, 15) is 0 Å². The number of benzene rings is 2. The first kappa shape index (κ1) is 12.1. The average molecular weight is 253 g/mol. The normalized spacial score (nSPS) is 13.1. The van der Waals surface area contributed by atoms with Gasteiger partial charge in [-0.05, 0) is 48.1 Å². The molecule has 0 fully saturated rings. The van der Waals surface area contributed by atoms with Gasteiger partial charge in [0, 0.05) is 6.54 Å². The molecule has 0 aromatic heterocycles. The van der Waals surface area contributed by atoms with Gasteiger partial charge >= 0.3 is 0 Å². The Morgan fingerprint density at radius 3 is 2.79 bits per heavy atom. The summed E-state index contributed by atoms with van der Waals surface area (Å²) in [6.45, 7) is 0.841. The van der Waals surface area contributed by atoms with Crippen LogP contribution in [-0.4, -0.2) is 7.11 Å². The zero-order valence-corrected chi connectivity index (χ0v) is 11.3. The summed E-state index contributed by atoms with van der Waals surface area (Å²) in [5, 5.41) is 3.45. The molecule has 2 aromatic carbocycles. The molecule has 1 N–H and O–H groups in total. The summed E-state index contributed by atoms with van der Waals surface area (Å²) in [5.74, 6) is 0.892. The van der Waals surface area contributed by atoms with E-state index in [0.29, 0.717) is 0 Å². The Morgan fingerprint density at radius 2 is 1.89 bits per heavy atom. The fourth-order valence-electron chi connectivity index (χ4n) is 2.72. The highest BCUT2D eigenvalue weighted by molar-refractivity contribution is 5.56. The van der Waals surface area contributed by atoms with Crippen LogP contribution in [0.3, 0.4) is 0 Å². The van der Waals surface area contributed by atoms with Crippen molar-refractivity contribution in [1.29, 1.82) is 0 Å². The molecule has 0 radical (unpaired) electrons. The molecule has 3 rings (SSSR count). The highest BCUT2D eigenvalue weighted by Crippen LogP contribution is 2.25. The molecule has 2 nitrogen and oxygen atoms in total. The van der Waals surface area contributed by atoms with Gasteiger partial charge in [-0.3, -0.25) is 0 Å². The molecule has 1 aliphatic rings. The van der Waals surface area contributed by atoms with Crippen LogP contribution in [0, 0.1) is 0 Å². The second kappa shape index (κ2) is 5.35. The summed E-state index contributed by atoms with van der Waals surface area (Å²) in [7, 11) is 1.70. The van der Waals surface area contributed by atoms with Crippen molar-refractivity contribution in [2.45, 2.75) is 25.8 Å². The Morgan fingerprint density at radius 1 is 1.05 bits per heavy atom. The predicted molar refractivity (Wildman–Crippen MR) is 78.8 cm³/mol. The quantitative estimate of drug-likeness (QED) is 0.895. The lowest BCUT2D eigenvalue weighted by Gasteiger charge is -2.11. The van der Waals surface area contributed by atoms with Crippen molar-refractivity contribution in [1.82, 2.24) is 0 Å². The van der Waals surface area contributed by atoms with Crippen molar-refractivity contribution < 1.29 is 4.74 Å². The minimum Gasteiger partial charge on any atom is -0.495 e. The van der Waals surface area contributed by atoms with E-state index in [4.69, 9.17) is 4.74 Å². The maximum Gasteiger partial charge on any atom is 0.141 e. The molecule has 0 atom stereocenters. The Kier molecular flexibility index (Phi) is 3.41. The molecular weight excluding hydrogens is 234 g/mol. The zero-order valence-electron chi connectivity index (χ0n) is 11.3. The number of hydrogen-bond donors (Lipinski definition) is 1. The number of anilines is 1. The average Bonchev–Trinajstić information content (AvgIpc) is 2.93. The van der Waals surface area contributed by atoms with Crippen LogP contribution >= 0.6 is 0 Å². The van der Waals surface area contributed by atoms with Gasteiger partial charge in [0.15, 0.2) is 0 Å². The van der Waals surface area contributed by atoms with E-state index in [2.05, 4.69) is 23.5 Å². The first-order chi connectivity index (χ1) is 9.36. The van der Waals surface area contributed by atoms with E-state index in [0.717, 1.165) is 18.0 Å². The predicted octanol–water partition coefficient (Wildman–Crippen LogP) is 3.80. The fourth-order valence-corrected chi connectivity index (χ4v) is 2.72. The third kappa shape index (κ3) is 2.58. The van der Waals surface area contributed by atoms with Gasteiger partial charge in [-0.15, -0.1) is 0 Å². The Hall–Kier alpha value is -1.96. The lowest BCUT2D eigenvalue weighted by atomic mass is 10.1. The minimum absolute atomic E-state index is 0.841. The number of fused-ring (bicyclic) bond motifs is 1. The molecule has 0 saturated carbocycles. The molecule has 19 heavy (non-hydrogen) atoms. The van der Waals surface area contributed by atoms with Crippen molar-refractivity contribution in [3.05, 3.63) is 59.2 Å². The van der Waals surface area contributed by atoms with Gasteiger partial charge in [0.25, 0.3) is 0 Å². The largest absolute Gasteiger partial charge is 0.495 e. The van der Waals surface area contributed by atoms with Gasteiger partial charge in [-0.25, -0.2) is 0 Å². The molecule has 0 saturated heterocycles. The number of rotatable bonds is 4. The molecule has 0 aliphatic heterocycles. The third-order valence-corrected chi connectivity index (χ3v) is 3.75. The molecule has 1 aliphatic carbocycles. The lowest BCUT2D eigenvalue weighted by Crippen LogP contribution is -2.01. The Bertz CT molecular complexity index is 577. The van der Waals surface area contributed by atoms with Crippen LogP contribution in [0.4, 0.5) is 5.69 Å². The summed E-state index contributed by atoms with van der Waals surface area (Å²) >= 11 is 0. The molecule has 98 valence electrons. The van der Waals surface area contributed by atoms with E-state index in [-0.39, 0.29) is 0 Å². The molecule has 0 unspecified atom stereocenters. The molecule has 0 bridgehead atoms. The van der Waals surface area contributed by atoms with Crippen LogP contribution in [0.25, 0.3) is 0 Å². The van der Waals surface area contributed by atoms with Crippen LogP contribution in [0.15, 0.2) is 42.5 Å². The number of nitrogens with one attached hydrogen (secondary N) is 1.